The van der Waals surface area contributed by atoms with E-state index in [2.05, 4.69) is 4.72 Å². The first kappa shape index (κ1) is 14.9. The minimum Gasteiger partial charge on any atom is -0.497 e. The van der Waals surface area contributed by atoms with E-state index in [0.717, 1.165) is 6.07 Å². The van der Waals surface area contributed by atoms with Crippen LogP contribution in [0.5, 0.6) is 5.75 Å². The number of carboxylic acids is 1. The summed E-state index contributed by atoms with van der Waals surface area (Å²) in [5.41, 5.74) is 0.252. The van der Waals surface area contributed by atoms with Gasteiger partial charge in [0.2, 0.25) is 0 Å². The molecular weight excluding hydrogens is 296 g/mol. The molecule has 1 aromatic heterocycles. The Bertz CT molecular complexity index is 762. The number of methoxy groups -OCH3 is 1. The quantitative estimate of drug-likeness (QED) is 0.873. The van der Waals surface area contributed by atoms with Crippen LogP contribution >= 0.6 is 0 Å². The van der Waals surface area contributed by atoms with Crippen LogP contribution in [0.2, 0.25) is 0 Å². The number of nitrogens with zero attached hydrogens (tertiary/aromatic N) is 1. The smallest absolute Gasteiger partial charge is 0.352 e. The van der Waals surface area contributed by atoms with Gasteiger partial charge in [0.25, 0.3) is 10.0 Å². The van der Waals surface area contributed by atoms with E-state index < -0.39 is 16.0 Å². The van der Waals surface area contributed by atoms with Crippen molar-refractivity contribution in [2.75, 3.05) is 11.8 Å². The van der Waals surface area contributed by atoms with E-state index in [1.165, 1.54) is 24.9 Å². The predicted molar refractivity (Wildman–Crippen MR) is 76.2 cm³/mol. The number of benzene rings is 1. The number of carbonyl (C=O) groups is 1. The molecule has 0 aliphatic heterocycles. The fraction of sp³-hybridized carbons (Fsp3) is 0.154. The van der Waals surface area contributed by atoms with E-state index in [9.17, 15) is 13.2 Å². The monoisotopic (exact) mass is 310 g/mol. The maximum absolute atomic E-state index is 12.2. The first-order valence-corrected chi connectivity index (χ1v) is 7.38. The molecule has 8 heteroatoms. The van der Waals surface area contributed by atoms with E-state index in [4.69, 9.17) is 9.84 Å². The molecule has 112 valence electrons. The third-order valence-corrected chi connectivity index (χ3v) is 4.20. The van der Waals surface area contributed by atoms with Gasteiger partial charge in [-0.2, -0.15) is 0 Å². The Morgan fingerprint density at radius 1 is 1.29 bits per heavy atom. The van der Waals surface area contributed by atoms with Crippen molar-refractivity contribution in [2.45, 2.75) is 4.90 Å². The van der Waals surface area contributed by atoms with Gasteiger partial charge in [-0.1, -0.05) is 0 Å². The van der Waals surface area contributed by atoms with Gasteiger partial charge in [0.05, 0.1) is 7.11 Å². The number of ether oxygens (including phenoxy) is 1. The molecule has 1 heterocycles. The molecule has 2 aromatic rings. The zero-order chi connectivity index (χ0) is 15.6. The third kappa shape index (κ3) is 3.16. The normalized spacial score (nSPS) is 11.1. The van der Waals surface area contributed by atoms with Gasteiger partial charge >= 0.3 is 5.97 Å². The lowest BCUT2D eigenvalue weighted by Crippen LogP contribution is -2.12. The summed E-state index contributed by atoms with van der Waals surface area (Å²) in [5, 5.41) is 8.94. The van der Waals surface area contributed by atoms with E-state index in [1.54, 1.807) is 24.3 Å². The second-order valence-electron chi connectivity index (χ2n) is 4.31. The highest BCUT2D eigenvalue weighted by Gasteiger charge is 2.20. The Morgan fingerprint density at radius 3 is 2.38 bits per heavy atom. The molecule has 0 radical (unpaired) electrons. The van der Waals surface area contributed by atoms with E-state index in [-0.39, 0.29) is 10.6 Å². The average Bonchev–Trinajstić information content (AvgIpc) is 2.82. The molecule has 0 atom stereocenters. The largest absolute Gasteiger partial charge is 0.497 e. The van der Waals surface area contributed by atoms with Gasteiger partial charge in [-0.15, -0.1) is 0 Å². The average molecular weight is 310 g/mol. The summed E-state index contributed by atoms with van der Waals surface area (Å²) < 4.78 is 33.0. The van der Waals surface area contributed by atoms with Gasteiger partial charge in [-0.25, -0.2) is 13.2 Å². The second-order valence-corrected chi connectivity index (χ2v) is 5.99. The Kier molecular flexibility index (Phi) is 3.90. The maximum Gasteiger partial charge on any atom is 0.352 e. The van der Waals surface area contributed by atoms with Crippen molar-refractivity contribution < 1.29 is 23.1 Å². The van der Waals surface area contributed by atoms with Crippen molar-refractivity contribution >= 4 is 21.7 Å². The number of sulfonamides is 1. The van der Waals surface area contributed by atoms with E-state index in [1.807, 2.05) is 0 Å². The number of nitrogens with one attached hydrogen (secondary N) is 1. The SMILES string of the molecule is COc1ccc(NS(=O)(=O)c2cc(C(=O)O)n(C)c2)cc1. The number of anilines is 1. The number of hydrogen-bond donors (Lipinski definition) is 2. The van der Waals surface area contributed by atoms with Crippen molar-refractivity contribution in [1.82, 2.24) is 4.57 Å². The molecule has 0 amide bonds. The van der Waals surface area contributed by atoms with Gasteiger partial charge in [-0.3, -0.25) is 4.72 Å². The molecule has 0 saturated heterocycles. The molecular formula is C13H14N2O5S. The van der Waals surface area contributed by atoms with Gasteiger partial charge in [0, 0.05) is 18.9 Å². The summed E-state index contributed by atoms with van der Waals surface area (Å²) in [6, 6.07) is 7.44. The standard InChI is InChI=1S/C13H14N2O5S/c1-15-8-11(7-12(15)13(16)17)21(18,19)14-9-3-5-10(20-2)6-4-9/h3-8,14H,1-2H3,(H,16,17). The van der Waals surface area contributed by atoms with Crippen molar-refractivity contribution in [3.8, 4) is 5.75 Å². The van der Waals surface area contributed by atoms with Crippen LogP contribution in [0, 0.1) is 0 Å². The second kappa shape index (κ2) is 5.49. The summed E-state index contributed by atoms with van der Waals surface area (Å²) >= 11 is 0. The Labute approximate surface area is 121 Å². The molecule has 0 bridgehead atoms. The molecule has 0 aliphatic carbocycles. The predicted octanol–water partition coefficient (Wildman–Crippen LogP) is 1.53. The maximum atomic E-state index is 12.2. The van der Waals surface area contributed by atoms with Crippen LogP contribution in [0.4, 0.5) is 5.69 Å². The van der Waals surface area contributed by atoms with Gasteiger partial charge in [0.15, 0.2) is 0 Å². The van der Waals surface area contributed by atoms with Crippen molar-refractivity contribution in [3.63, 3.8) is 0 Å². The first-order valence-electron chi connectivity index (χ1n) is 5.90. The molecule has 0 fully saturated rings. The highest BCUT2D eigenvalue weighted by Crippen LogP contribution is 2.20. The minimum atomic E-state index is -3.84. The van der Waals surface area contributed by atoms with E-state index in [0.29, 0.717) is 11.4 Å². The summed E-state index contributed by atoms with van der Waals surface area (Å²) in [7, 11) is -0.864. The van der Waals surface area contributed by atoms with Crippen LogP contribution in [0.3, 0.4) is 0 Å². The Balaban J connectivity index is 2.29. The Morgan fingerprint density at radius 2 is 1.90 bits per heavy atom. The number of aromatic carboxylic acids is 1. The molecule has 0 saturated carbocycles. The lowest BCUT2D eigenvalue weighted by molar-refractivity contribution is 0.0686. The van der Waals surface area contributed by atoms with Crippen LogP contribution in [0.1, 0.15) is 10.5 Å². The van der Waals surface area contributed by atoms with E-state index >= 15 is 0 Å². The topological polar surface area (TPSA) is 97.6 Å². The molecule has 0 aliphatic rings. The zero-order valence-corrected chi connectivity index (χ0v) is 12.2. The van der Waals surface area contributed by atoms with Gasteiger partial charge in [-0.05, 0) is 30.3 Å². The highest BCUT2D eigenvalue weighted by molar-refractivity contribution is 7.92. The number of rotatable bonds is 5. The molecule has 2 N–H and O–H groups in total. The summed E-state index contributed by atoms with van der Waals surface area (Å²) in [4.78, 5) is 10.8. The van der Waals surface area contributed by atoms with Crippen molar-refractivity contribution in [1.29, 1.82) is 0 Å². The van der Waals surface area contributed by atoms with Crippen LogP contribution in [-0.2, 0) is 17.1 Å². The number of aromatic nitrogens is 1. The number of aryl methyl sites for hydroxylation is 1. The fourth-order valence-electron chi connectivity index (χ4n) is 1.77. The molecule has 0 unspecified atom stereocenters. The minimum absolute atomic E-state index is 0.106. The molecule has 21 heavy (non-hydrogen) atoms. The molecule has 1 aromatic carbocycles. The third-order valence-electron chi connectivity index (χ3n) is 2.85. The van der Waals surface area contributed by atoms with Crippen LogP contribution in [-0.4, -0.2) is 31.2 Å². The van der Waals surface area contributed by atoms with Crippen LogP contribution in [0.15, 0.2) is 41.4 Å². The summed E-state index contributed by atoms with van der Waals surface area (Å²) in [6.45, 7) is 0. The fourth-order valence-corrected chi connectivity index (χ4v) is 2.89. The van der Waals surface area contributed by atoms with Gasteiger partial charge < -0.3 is 14.4 Å². The first-order chi connectivity index (χ1) is 9.83. The molecule has 0 spiro atoms. The van der Waals surface area contributed by atoms with Crippen LogP contribution < -0.4 is 9.46 Å². The van der Waals surface area contributed by atoms with Crippen LogP contribution in [0.25, 0.3) is 0 Å². The van der Waals surface area contributed by atoms with Crippen molar-refractivity contribution in [2.24, 2.45) is 7.05 Å². The van der Waals surface area contributed by atoms with Gasteiger partial charge in [0.1, 0.15) is 16.3 Å². The number of carboxylic acid groups (broad SMARTS) is 1. The molecule has 2 rings (SSSR count). The summed E-state index contributed by atoms with van der Waals surface area (Å²) in [5.74, 6) is -0.589. The lowest BCUT2D eigenvalue weighted by atomic mass is 10.3. The number of hydrogen-bond acceptors (Lipinski definition) is 4. The molecule has 7 nitrogen and oxygen atoms in total. The lowest BCUT2D eigenvalue weighted by Gasteiger charge is -2.07. The van der Waals surface area contributed by atoms with Crippen molar-refractivity contribution in [3.05, 3.63) is 42.2 Å². The highest BCUT2D eigenvalue weighted by atomic mass is 32.2. The zero-order valence-electron chi connectivity index (χ0n) is 11.4. The summed E-state index contributed by atoms with van der Waals surface area (Å²) in [6.07, 6.45) is 1.25. The Hall–Kier alpha value is -2.48.